The molecular formula is C14H20FNO. The average molecular weight is 237 g/mol. The number of nitrogens with one attached hydrogen (secondary N) is 1. The van der Waals surface area contributed by atoms with Crippen LogP contribution in [-0.2, 0) is 6.54 Å². The molecule has 0 amide bonds. The lowest BCUT2D eigenvalue weighted by molar-refractivity contribution is 0.418. The van der Waals surface area contributed by atoms with Crippen molar-refractivity contribution in [3.8, 4) is 5.75 Å². The van der Waals surface area contributed by atoms with Gasteiger partial charge in [-0.2, -0.15) is 0 Å². The summed E-state index contributed by atoms with van der Waals surface area (Å²) in [6.45, 7) is 3.78. The van der Waals surface area contributed by atoms with E-state index >= 15 is 0 Å². The number of rotatable bonds is 4. The standard InChI is InChI=1S/C14H20FNO/c1-10-5-6-11(7-10)8-16-9-12-3-2-4-13(15)14(12)17/h2-4,10-11,16-17H,5-9H2,1H3. The van der Waals surface area contributed by atoms with Crippen molar-refractivity contribution >= 4 is 0 Å². The van der Waals surface area contributed by atoms with Crippen LogP contribution < -0.4 is 5.32 Å². The van der Waals surface area contributed by atoms with E-state index in [-0.39, 0.29) is 5.75 Å². The van der Waals surface area contributed by atoms with Crippen molar-refractivity contribution in [1.29, 1.82) is 0 Å². The molecular weight excluding hydrogens is 217 g/mol. The summed E-state index contributed by atoms with van der Waals surface area (Å²) in [4.78, 5) is 0. The fourth-order valence-electron chi connectivity index (χ4n) is 2.62. The van der Waals surface area contributed by atoms with Crippen molar-refractivity contribution < 1.29 is 9.50 Å². The number of phenols is 1. The smallest absolute Gasteiger partial charge is 0.165 e. The van der Waals surface area contributed by atoms with Gasteiger partial charge in [-0.15, -0.1) is 0 Å². The summed E-state index contributed by atoms with van der Waals surface area (Å²) in [6.07, 6.45) is 3.88. The second-order valence-electron chi connectivity index (χ2n) is 5.16. The van der Waals surface area contributed by atoms with Gasteiger partial charge < -0.3 is 10.4 Å². The molecule has 2 nitrogen and oxygen atoms in total. The number of phenolic OH excluding ortho intramolecular Hbond substituents is 1. The second-order valence-corrected chi connectivity index (χ2v) is 5.16. The second kappa shape index (κ2) is 5.50. The SMILES string of the molecule is CC1CCC(CNCc2cccc(F)c2O)C1. The molecule has 2 N–H and O–H groups in total. The largest absolute Gasteiger partial charge is 0.505 e. The summed E-state index contributed by atoms with van der Waals surface area (Å²) in [5.74, 6) is 0.809. The Morgan fingerprint density at radius 1 is 1.41 bits per heavy atom. The van der Waals surface area contributed by atoms with Crippen molar-refractivity contribution in [2.24, 2.45) is 11.8 Å². The molecule has 0 heterocycles. The Labute approximate surface area is 102 Å². The predicted molar refractivity (Wildman–Crippen MR) is 66.3 cm³/mol. The molecule has 0 aromatic heterocycles. The van der Waals surface area contributed by atoms with Gasteiger partial charge in [-0.25, -0.2) is 4.39 Å². The maximum Gasteiger partial charge on any atom is 0.165 e. The van der Waals surface area contributed by atoms with Crippen molar-refractivity contribution in [1.82, 2.24) is 5.32 Å². The Balaban J connectivity index is 1.80. The van der Waals surface area contributed by atoms with E-state index in [1.807, 2.05) is 0 Å². The fraction of sp³-hybridized carbons (Fsp3) is 0.571. The highest BCUT2D eigenvalue weighted by atomic mass is 19.1. The van der Waals surface area contributed by atoms with Gasteiger partial charge >= 0.3 is 0 Å². The molecule has 1 aliphatic rings. The summed E-state index contributed by atoms with van der Waals surface area (Å²) in [6, 6.07) is 4.66. The van der Waals surface area contributed by atoms with Crippen molar-refractivity contribution in [3.05, 3.63) is 29.6 Å². The van der Waals surface area contributed by atoms with Gasteiger partial charge in [0.15, 0.2) is 11.6 Å². The Morgan fingerprint density at radius 2 is 2.24 bits per heavy atom. The summed E-state index contributed by atoms with van der Waals surface area (Å²) in [7, 11) is 0. The van der Waals surface area contributed by atoms with Gasteiger partial charge in [0.1, 0.15) is 0 Å². The Kier molecular flexibility index (Phi) is 4.00. The summed E-state index contributed by atoms with van der Waals surface area (Å²) in [5.41, 5.74) is 0.635. The molecule has 2 unspecified atom stereocenters. The van der Waals surface area contributed by atoms with Crippen LogP contribution in [0.1, 0.15) is 31.7 Å². The highest BCUT2D eigenvalue weighted by Crippen LogP contribution is 2.29. The summed E-state index contributed by atoms with van der Waals surface area (Å²) < 4.78 is 13.1. The molecule has 3 heteroatoms. The molecule has 1 fully saturated rings. The van der Waals surface area contributed by atoms with Crippen LogP contribution in [0, 0.1) is 17.7 Å². The van der Waals surface area contributed by atoms with Gasteiger partial charge in [-0.1, -0.05) is 25.5 Å². The Bertz CT molecular complexity index is 380. The lowest BCUT2D eigenvalue weighted by Gasteiger charge is -2.12. The number of aromatic hydroxyl groups is 1. The fourth-order valence-corrected chi connectivity index (χ4v) is 2.62. The Morgan fingerprint density at radius 3 is 2.94 bits per heavy atom. The van der Waals surface area contributed by atoms with E-state index in [0.717, 1.165) is 18.4 Å². The van der Waals surface area contributed by atoms with E-state index in [1.165, 1.54) is 25.3 Å². The first-order chi connectivity index (χ1) is 8.16. The van der Waals surface area contributed by atoms with Crippen LogP contribution in [0.2, 0.25) is 0 Å². The minimum Gasteiger partial charge on any atom is -0.505 e. The van der Waals surface area contributed by atoms with Crippen LogP contribution >= 0.6 is 0 Å². The van der Waals surface area contributed by atoms with E-state index in [1.54, 1.807) is 12.1 Å². The first-order valence-electron chi connectivity index (χ1n) is 6.34. The molecule has 2 atom stereocenters. The number of hydrogen-bond donors (Lipinski definition) is 2. The van der Waals surface area contributed by atoms with E-state index < -0.39 is 5.82 Å². The molecule has 2 rings (SSSR count). The molecule has 0 aliphatic heterocycles. The maximum absolute atomic E-state index is 13.1. The summed E-state index contributed by atoms with van der Waals surface area (Å²) >= 11 is 0. The number of hydrogen-bond acceptors (Lipinski definition) is 2. The highest BCUT2D eigenvalue weighted by Gasteiger charge is 2.20. The van der Waals surface area contributed by atoms with E-state index in [0.29, 0.717) is 12.1 Å². The topological polar surface area (TPSA) is 32.3 Å². The highest BCUT2D eigenvalue weighted by molar-refractivity contribution is 5.33. The minimum atomic E-state index is -0.543. The predicted octanol–water partition coefficient (Wildman–Crippen LogP) is 3.06. The minimum absolute atomic E-state index is 0.222. The molecule has 0 bridgehead atoms. The number of halogens is 1. The Hall–Kier alpha value is -1.09. The third kappa shape index (κ3) is 3.19. The van der Waals surface area contributed by atoms with Crippen LogP contribution in [-0.4, -0.2) is 11.7 Å². The van der Waals surface area contributed by atoms with Crippen LogP contribution in [0.25, 0.3) is 0 Å². The first kappa shape index (κ1) is 12.4. The van der Waals surface area contributed by atoms with E-state index in [4.69, 9.17) is 0 Å². The molecule has 0 spiro atoms. The molecule has 1 aromatic rings. The lowest BCUT2D eigenvalue weighted by atomic mass is 10.1. The molecule has 0 saturated heterocycles. The van der Waals surface area contributed by atoms with Crippen LogP contribution in [0.4, 0.5) is 4.39 Å². The zero-order valence-electron chi connectivity index (χ0n) is 10.2. The first-order valence-corrected chi connectivity index (χ1v) is 6.34. The van der Waals surface area contributed by atoms with Gasteiger partial charge in [-0.05, 0) is 37.3 Å². The molecule has 0 radical (unpaired) electrons. The zero-order chi connectivity index (χ0) is 12.3. The van der Waals surface area contributed by atoms with Gasteiger partial charge in [0.2, 0.25) is 0 Å². The van der Waals surface area contributed by atoms with E-state index in [9.17, 15) is 9.50 Å². The maximum atomic E-state index is 13.1. The third-order valence-electron chi connectivity index (χ3n) is 3.62. The van der Waals surface area contributed by atoms with E-state index in [2.05, 4.69) is 12.2 Å². The number of para-hydroxylation sites is 1. The van der Waals surface area contributed by atoms with Crippen molar-refractivity contribution in [3.63, 3.8) is 0 Å². The average Bonchev–Trinajstić information content (AvgIpc) is 2.70. The molecule has 94 valence electrons. The van der Waals surface area contributed by atoms with Gasteiger partial charge in [0.25, 0.3) is 0 Å². The zero-order valence-corrected chi connectivity index (χ0v) is 10.2. The van der Waals surface area contributed by atoms with Crippen LogP contribution in [0.15, 0.2) is 18.2 Å². The molecule has 17 heavy (non-hydrogen) atoms. The van der Waals surface area contributed by atoms with Gasteiger partial charge in [-0.3, -0.25) is 0 Å². The van der Waals surface area contributed by atoms with Crippen molar-refractivity contribution in [2.45, 2.75) is 32.7 Å². The number of benzene rings is 1. The quantitative estimate of drug-likeness (QED) is 0.843. The van der Waals surface area contributed by atoms with Gasteiger partial charge in [0, 0.05) is 12.1 Å². The van der Waals surface area contributed by atoms with Crippen LogP contribution in [0.3, 0.4) is 0 Å². The molecule has 1 saturated carbocycles. The lowest BCUT2D eigenvalue weighted by Crippen LogP contribution is -2.21. The third-order valence-corrected chi connectivity index (χ3v) is 3.62. The molecule has 1 aromatic carbocycles. The molecule has 1 aliphatic carbocycles. The summed E-state index contributed by atoms with van der Waals surface area (Å²) in [5, 5.41) is 12.8. The van der Waals surface area contributed by atoms with Crippen LogP contribution in [0.5, 0.6) is 5.75 Å². The normalized spacial score (nSPS) is 24.1. The monoisotopic (exact) mass is 237 g/mol. The van der Waals surface area contributed by atoms with Crippen molar-refractivity contribution in [2.75, 3.05) is 6.54 Å². The van der Waals surface area contributed by atoms with Gasteiger partial charge in [0.05, 0.1) is 0 Å².